The number of benzene rings is 3. The molecule has 3 aromatic heterocycles. The number of hydrogen-bond acceptors (Lipinski definition) is 3. The summed E-state index contributed by atoms with van der Waals surface area (Å²) in [7, 11) is 0. The summed E-state index contributed by atoms with van der Waals surface area (Å²) in [6.07, 6.45) is 2.75. The van der Waals surface area contributed by atoms with E-state index in [0.717, 1.165) is 56.5 Å². The van der Waals surface area contributed by atoms with E-state index in [-0.39, 0.29) is 0 Å². The average Bonchev–Trinajstić information content (AvgIpc) is 3.41. The fourth-order valence-corrected chi connectivity index (χ4v) is 4.28. The van der Waals surface area contributed by atoms with Crippen LogP contribution in [0.1, 0.15) is 18.9 Å². The summed E-state index contributed by atoms with van der Waals surface area (Å²) in [6, 6.07) is 22.9. The average molecular weight is 392 g/mol. The number of imidazole rings is 2. The van der Waals surface area contributed by atoms with Gasteiger partial charge in [-0.2, -0.15) is 0 Å². The highest BCUT2D eigenvalue weighted by atomic mass is 16.3. The smallest absolute Gasteiger partial charge is 0.222 e. The number of aryl methyl sites for hydroxylation is 1. The third-order valence-corrected chi connectivity index (χ3v) is 5.66. The van der Waals surface area contributed by atoms with Crippen LogP contribution in [0.2, 0.25) is 0 Å². The van der Waals surface area contributed by atoms with Gasteiger partial charge in [-0.3, -0.25) is 8.97 Å². The summed E-state index contributed by atoms with van der Waals surface area (Å²) in [5.74, 6) is 1.54. The molecule has 0 unspecified atom stereocenters. The van der Waals surface area contributed by atoms with Gasteiger partial charge in [0.25, 0.3) is 0 Å². The largest absolute Gasteiger partial charge is 0.436 e. The number of aliphatic imine (C=N–C) groups is 1. The molecule has 0 fully saturated rings. The van der Waals surface area contributed by atoms with Crippen molar-refractivity contribution in [3.63, 3.8) is 0 Å². The van der Waals surface area contributed by atoms with Crippen LogP contribution in [-0.2, 0) is 0 Å². The Morgan fingerprint density at radius 2 is 1.70 bits per heavy atom. The van der Waals surface area contributed by atoms with Gasteiger partial charge in [-0.05, 0) is 43.7 Å². The van der Waals surface area contributed by atoms with E-state index in [1.54, 1.807) is 0 Å². The number of para-hydroxylation sites is 5. The predicted molar refractivity (Wildman–Crippen MR) is 122 cm³/mol. The monoisotopic (exact) mass is 392 g/mol. The van der Waals surface area contributed by atoms with Crippen molar-refractivity contribution < 1.29 is 4.42 Å². The van der Waals surface area contributed by atoms with E-state index in [4.69, 9.17) is 9.40 Å². The van der Waals surface area contributed by atoms with Crippen molar-refractivity contribution in [2.75, 3.05) is 0 Å². The molecule has 146 valence electrons. The molecule has 0 amide bonds. The number of rotatable bonds is 3. The highest BCUT2D eigenvalue weighted by Gasteiger charge is 2.20. The Morgan fingerprint density at radius 1 is 0.933 bits per heavy atom. The van der Waals surface area contributed by atoms with Crippen molar-refractivity contribution in [1.29, 1.82) is 0 Å². The van der Waals surface area contributed by atoms with Crippen LogP contribution in [0, 0.1) is 6.92 Å². The number of furan rings is 1. The third-order valence-electron chi connectivity index (χ3n) is 5.66. The van der Waals surface area contributed by atoms with Crippen molar-refractivity contribution in [3.8, 4) is 5.69 Å². The molecule has 0 aliphatic carbocycles. The molecule has 0 aliphatic rings. The van der Waals surface area contributed by atoms with Crippen LogP contribution in [0.4, 0.5) is 5.88 Å². The Hall–Kier alpha value is -3.86. The Kier molecular flexibility index (Phi) is 3.59. The molecule has 0 N–H and O–H groups in total. The minimum Gasteiger partial charge on any atom is -0.436 e. The van der Waals surface area contributed by atoms with E-state index in [9.17, 15) is 0 Å². The van der Waals surface area contributed by atoms with Crippen molar-refractivity contribution >= 4 is 50.9 Å². The first-order valence-electron chi connectivity index (χ1n) is 10.2. The fraction of sp³-hybridized carbons (Fsp3) is 0.120. The molecule has 5 nitrogen and oxygen atoms in total. The maximum Gasteiger partial charge on any atom is 0.222 e. The maximum absolute atomic E-state index is 6.27. The number of hydrogen-bond donors (Lipinski definition) is 0. The summed E-state index contributed by atoms with van der Waals surface area (Å²) in [6.45, 7) is 4.13. The molecule has 6 rings (SSSR count). The molecule has 30 heavy (non-hydrogen) atoms. The Balaban J connectivity index is 1.77. The number of nitrogens with zero attached hydrogens (tertiary/aromatic N) is 4. The molecule has 0 saturated heterocycles. The van der Waals surface area contributed by atoms with Crippen molar-refractivity contribution in [3.05, 3.63) is 72.3 Å². The minimum absolute atomic E-state index is 0.667. The van der Waals surface area contributed by atoms with Crippen molar-refractivity contribution in [1.82, 2.24) is 14.0 Å². The van der Waals surface area contributed by atoms with Gasteiger partial charge in [0.1, 0.15) is 0 Å². The second kappa shape index (κ2) is 6.32. The van der Waals surface area contributed by atoms with E-state index in [2.05, 4.69) is 88.5 Å². The second-order valence-electron chi connectivity index (χ2n) is 7.47. The van der Waals surface area contributed by atoms with Gasteiger partial charge in [0.05, 0.1) is 27.8 Å². The SMILES string of the molecule is CCC=Nc1oc2c(-n3c4ccccc4n4c5ccccc5nc34)cccc2c1C. The lowest BCUT2D eigenvalue weighted by Crippen LogP contribution is -1.95. The molecule has 0 aliphatic heterocycles. The van der Waals surface area contributed by atoms with Gasteiger partial charge in [0.15, 0.2) is 5.58 Å². The zero-order valence-corrected chi connectivity index (χ0v) is 16.8. The molecule has 3 aromatic carbocycles. The zero-order valence-electron chi connectivity index (χ0n) is 16.8. The highest BCUT2D eigenvalue weighted by Crippen LogP contribution is 2.37. The normalized spacial score (nSPS) is 12.3. The van der Waals surface area contributed by atoms with Crippen LogP contribution in [-0.4, -0.2) is 20.2 Å². The topological polar surface area (TPSA) is 47.7 Å². The van der Waals surface area contributed by atoms with Crippen LogP contribution in [0.25, 0.3) is 44.5 Å². The van der Waals surface area contributed by atoms with E-state index in [1.807, 2.05) is 12.3 Å². The Morgan fingerprint density at radius 3 is 2.53 bits per heavy atom. The van der Waals surface area contributed by atoms with Crippen LogP contribution < -0.4 is 0 Å². The molecule has 0 atom stereocenters. The van der Waals surface area contributed by atoms with Gasteiger partial charge in [-0.1, -0.05) is 43.3 Å². The van der Waals surface area contributed by atoms with Gasteiger partial charge >= 0.3 is 0 Å². The predicted octanol–water partition coefficient (Wildman–Crippen LogP) is 6.60. The molecule has 6 aromatic rings. The number of aromatic nitrogens is 3. The maximum atomic E-state index is 6.27. The van der Waals surface area contributed by atoms with Gasteiger partial charge < -0.3 is 4.42 Å². The van der Waals surface area contributed by atoms with E-state index in [0.29, 0.717) is 5.88 Å². The fourth-order valence-electron chi connectivity index (χ4n) is 4.28. The molecule has 5 heteroatoms. The van der Waals surface area contributed by atoms with Crippen LogP contribution in [0.5, 0.6) is 0 Å². The summed E-state index contributed by atoms with van der Waals surface area (Å²) in [5, 5.41) is 1.07. The lowest BCUT2D eigenvalue weighted by atomic mass is 10.1. The number of fused-ring (bicyclic) bond motifs is 6. The van der Waals surface area contributed by atoms with E-state index < -0.39 is 0 Å². The standard InChI is InChI=1S/C25H20N4O/c1-3-15-26-24-16(2)17-9-8-14-22(23(17)30-24)29-21-13-7-6-12-20(21)28-19-11-5-4-10-18(19)27-25(28)29/h4-15H,3H2,1-2H3. The van der Waals surface area contributed by atoms with Crippen molar-refractivity contribution in [2.45, 2.75) is 20.3 Å². The van der Waals surface area contributed by atoms with Crippen LogP contribution >= 0.6 is 0 Å². The zero-order chi connectivity index (χ0) is 20.2. The third kappa shape index (κ3) is 2.23. The first-order valence-corrected chi connectivity index (χ1v) is 10.2. The summed E-state index contributed by atoms with van der Waals surface area (Å²) < 4.78 is 10.7. The minimum atomic E-state index is 0.667. The van der Waals surface area contributed by atoms with Gasteiger partial charge in [-0.15, -0.1) is 0 Å². The van der Waals surface area contributed by atoms with Crippen molar-refractivity contribution in [2.24, 2.45) is 4.99 Å². The lowest BCUT2D eigenvalue weighted by molar-refractivity contribution is 0.621. The van der Waals surface area contributed by atoms with Crippen LogP contribution in [0.15, 0.2) is 76.1 Å². The van der Waals surface area contributed by atoms with E-state index >= 15 is 0 Å². The molecule has 3 heterocycles. The molecule has 0 spiro atoms. The molecule has 0 saturated carbocycles. The first-order chi connectivity index (χ1) is 14.8. The second-order valence-corrected chi connectivity index (χ2v) is 7.47. The summed E-state index contributed by atoms with van der Waals surface area (Å²) >= 11 is 0. The molecular formula is C25H20N4O. The van der Waals surface area contributed by atoms with Crippen LogP contribution in [0.3, 0.4) is 0 Å². The summed E-state index contributed by atoms with van der Waals surface area (Å²) in [5.41, 5.74) is 7.12. The van der Waals surface area contributed by atoms with Gasteiger partial charge in [0, 0.05) is 17.2 Å². The van der Waals surface area contributed by atoms with E-state index in [1.165, 1.54) is 0 Å². The first kappa shape index (κ1) is 17.0. The Labute approximate surface area is 172 Å². The molecule has 0 bridgehead atoms. The highest BCUT2D eigenvalue weighted by molar-refractivity contribution is 5.97. The molecule has 0 radical (unpaired) electrons. The van der Waals surface area contributed by atoms with Gasteiger partial charge in [-0.25, -0.2) is 9.98 Å². The Bertz CT molecular complexity index is 1600. The molecular weight excluding hydrogens is 372 g/mol. The lowest BCUT2D eigenvalue weighted by Gasteiger charge is -2.06. The summed E-state index contributed by atoms with van der Waals surface area (Å²) in [4.78, 5) is 9.49. The van der Waals surface area contributed by atoms with Gasteiger partial charge in [0.2, 0.25) is 11.7 Å². The quantitative estimate of drug-likeness (QED) is 0.319.